The van der Waals surface area contributed by atoms with Crippen molar-refractivity contribution in [2.45, 2.75) is 56.1 Å². The molecule has 10 nitrogen and oxygen atoms in total. The number of pyridine rings is 1. The highest BCUT2D eigenvalue weighted by Gasteiger charge is 2.48. The summed E-state index contributed by atoms with van der Waals surface area (Å²) < 4.78 is 27.5. The lowest BCUT2D eigenvalue weighted by molar-refractivity contribution is -0.123. The first-order valence-electron chi connectivity index (χ1n) is 15.0. The number of nitrogens with one attached hydrogen (secondary N) is 1. The van der Waals surface area contributed by atoms with Gasteiger partial charge in [0.25, 0.3) is 5.91 Å². The number of nitrogens with zero attached hydrogens (tertiary/aromatic N) is 3. The number of halogens is 2. The molecule has 2 atom stereocenters. The zero-order valence-corrected chi connectivity index (χ0v) is 25.7. The van der Waals surface area contributed by atoms with Gasteiger partial charge in [-0.2, -0.15) is 5.10 Å². The van der Waals surface area contributed by atoms with Crippen LogP contribution in [0, 0.1) is 11.7 Å². The van der Waals surface area contributed by atoms with Gasteiger partial charge in [0.1, 0.15) is 46.1 Å². The predicted octanol–water partition coefficient (Wildman–Crippen LogP) is 4.79. The van der Waals surface area contributed by atoms with Gasteiger partial charge in [0.05, 0.1) is 30.4 Å². The standard InChI is InChI=1S/C33H33ClFN5O5/c1-32(31(36)42)16-45-29-22(32)13-26(38-28(29)17-6-9-24(35)23(34)11-17)33(43,20-4-3-5-20)15-37-30(41)18-10-19-14-40(21-7-8-21)39-27(19)25(12-18)44-2/h6,9-14,20-21,43H,3-5,7-8,15-16H2,1-2H3,(H2,36,42)(H,37,41)/t32-,33?/m0/s1. The van der Waals surface area contributed by atoms with Crippen molar-refractivity contribution in [1.29, 1.82) is 0 Å². The molecule has 4 N–H and O–H groups in total. The summed E-state index contributed by atoms with van der Waals surface area (Å²) >= 11 is 6.12. The molecule has 2 aromatic carbocycles. The van der Waals surface area contributed by atoms with Crippen molar-refractivity contribution in [2.75, 3.05) is 20.3 Å². The Bertz CT molecular complexity index is 1870. The normalized spacial score (nSPS) is 20.6. The quantitative estimate of drug-likeness (QED) is 0.241. The van der Waals surface area contributed by atoms with Gasteiger partial charge >= 0.3 is 0 Å². The number of amides is 2. The number of carbonyl (C=O) groups is 2. The molecule has 2 fully saturated rings. The van der Waals surface area contributed by atoms with Crippen LogP contribution >= 0.6 is 11.6 Å². The average Bonchev–Trinajstić information content (AvgIpc) is 3.66. The molecular weight excluding hydrogens is 601 g/mol. The fourth-order valence-corrected chi connectivity index (χ4v) is 6.41. The molecule has 3 heterocycles. The maximum atomic E-state index is 14.1. The van der Waals surface area contributed by atoms with Crippen molar-refractivity contribution >= 4 is 34.3 Å². The summed E-state index contributed by atoms with van der Waals surface area (Å²) in [6.45, 7) is 1.50. The smallest absolute Gasteiger partial charge is 0.251 e. The molecule has 0 saturated heterocycles. The van der Waals surface area contributed by atoms with Crippen molar-refractivity contribution < 1.29 is 28.6 Å². The number of benzene rings is 2. The minimum atomic E-state index is -1.60. The van der Waals surface area contributed by atoms with Crippen molar-refractivity contribution in [1.82, 2.24) is 20.1 Å². The Kier molecular flexibility index (Phi) is 7.01. The van der Waals surface area contributed by atoms with Gasteiger partial charge in [-0.1, -0.05) is 18.0 Å². The molecule has 0 bridgehead atoms. The second-order valence-corrected chi connectivity index (χ2v) is 12.9. The second-order valence-electron chi connectivity index (χ2n) is 12.5. The summed E-state index contributed by atoms with van der Waals surface area (Å²) in [4.78, 5) is 31.1. The molecule has 2 aromatic heterocycles. The highest BCUT2D eigenvalue weighted by atomic mass is 35.5. The van der Waals surface area contributed by atoms with Gasteiger partial charge in [-0.05, 0) is 74.9 Å². The van der Waals surface area contributed by atoms with Crippen LogP contribution in [-0.2, 0) is 15.8 Å². The Morgan fingerprint density at radius 2 is 2.02 bits per heavy atom. The molecule has 3 aliphatic rings. The van der Waals surface area contributed by atoms with E-state index in [9.17, 15) is 19.1 Å². The third kappa shape index (κ3) is 4.89. The van der Waals surface area contributed by atoms with Crippen LogP contribution in [0.5, 0.6) is 11.5 Å². The lowest BCUT2D eigenvalue weighted by atomic mass is 9.70. The number of nitrogens with two attached hydrogens (primary N) is 1. The Balaban J connectivity index is 1.27. The SMILES string of the molecule is COc1cc(C(=O)NCC(O)(c2cc3c(c(-c4ccc(F)c(Cl)c4)n2)OC[C@]3(C)C(N)=O)C2CCC2)cc2cn(C3CC3)nc12. The first-order valence-corrected chi connectivity index (χ1v) is 15.4. The second kappa shape index (κ2) is 10.7. The van der Waals surface area contributed by atoms with Gasteiger partial charge in [-0.15, -0.1) is 0 Å². The summed E-state index contributed by atoms with van der Waals surface area (Å²) in [7, 11) is 1.54. The molecule has 1 unspecified atom stereocenters. The van der Waals surface area contributed by atoms with Crippen LogP contribution < -0.4 is 20.5 Å². The lowest BCUT2D eigenvalue weighted by Gasteiger charge is -2.41. The number of methoxy groups -OCH3 is 1. The number of hydrogen-bond acceptors (Lipinski definition) is 7. The fourth-order valence-electron chi connectivity index (χ4n) is 6.23. The van der Waals surface area contributed by atoms with Crippen molar-refractivity contribution in [2.24, 2.45) is 11.7 Å². The number of aromatic nitrogens is 3. The number of aliphatic hydroxyl groups is 1. The minimum Gasteiger partial charge on any atom is -0.494 e. The van der Waals surface area contributed by atoms with Gasteiger partial charge < -0.3 is 25.6 Å². The van der Waals surface area contributed by atoms with Crippen molar-refractivity contribution in [3.8, 4) is 22.8 Å². The molecule has 0 radical (unpaired) electrons. The number of fused-ring (bicyclic) bond motifs is 2. The number of ether oxygens (including phenoxy) is 2. The predicted molar refractivity (Wildman–Crippen MR) is 165 cm³/mol. The van der Waals surface area contributed by atoms with E-state index in [0.29, 0.717) is 58.3 Å². The fraction of sp³-hybridized carbons (Fsp3) is 0.394. The van der Waals surface area contributed by atoms with Gasteiger partial charge in [0.2, 0.25) is 5.91 Å². The van der Waals surface area contributed by atoms with E-state index in [4.69, 9.17) is 31.8 Å². The van der Waals surface area contributed by atoms with E-state index in [1.807, 2.05) is 10.9 Å². The maximum Gasteiger partial charge on any atom is 0.251 e. The van der Waals surface area contributed by atoms with E-state index < -0.39 is 28.6 Å². The molecule has 2 aliphatic carbocycles. The van der Waals surface area contributed by atoms with Gasteiger partial charge in [-0.3, -0.25) is 14.3 Å². The monoisotopic (exact) mass is 633 g/mol. The molecule has 7 rings (SSSR count). The zero-order chi connectivity index (χ0) is 31.7. The van der Waals surface area contributed by atoms with Gasteiger partial charge in [0.15, 0.2) is 0 Å². The third-order valence-electron chi connectivity index (χ3n) is 9.55. The minimum absolute atomic E-state index is 0.0229. The number of primary amides is 1. The number of rotatable bonds is 9. The van der Waals surface area contributed by atoms with Gasteiger partial charge in [0, 0.05) is 28.3 Å². The summed E-state index contributed by atoms with van der Waals surface area (Å²) in [5, 5.41) is 20.6. The summed E-state index contributed by atoms with van der Waals surface area (Å²) in [5.41, 5.74) is 5.53. The van der Waals surface area contributed by atoms with Crippen LogP contribution in [0.25, 0.3) is 22.2 Å². The molecule has 45 heavy (non-hydrogen) atoms. The van der Waals surface area contributed by atoms with E-state index in [2.05, 4.69) is 10.4 Å². The molecule has 4 aromatic rings. The molecular formula is C33H33ClFN5O5. The number of hydrogen-bond donors (Lipinski definition) is 3. The van der Waals surface area contributed by atoms with E-state index in [1.165, 1.54) is 25.3 Å². The van der Waals surface area contributed by atoms with Crippen molar-refractivity contribution in [3.63, 3.8) is 0 Å². The van der Waals surface area contributed by atoms with Crippen LogP contribution in [0.15, 0.2) is 42.6 Å². The topological polar surface area (TPSA) is 142 Å². The van der Waals surface area contributed by atoms with E-state index >= 15 is 0 Å². The highest BCUT2D eigenvalue weighted by molar-refractivity contribution is 6.31. The van der Waals surface area contributed by atoms with E-state index in [0.717, 1.165) is 24.6 Å². The summed E-state index contributed by atoms with van der Waals surface area (Å²) in [6, 6.07) is 9.58. The van der Waals surface area contributed by atoms with Crippen LogP contribution in [0.4, 0.5) is 4.39 Å². The largest absolute Gasteiger partial charge is 0.494 e. The number of carbonyl (C=O) groups excluding carboxylic acids is 2. The first kappa shape index (κ1) is 29.5. The Labute approximate surface area is 263 Å². The molecule has 12 heteroatoms. The third-order valence-corrected chi connectivity index (χ3v) is 9.84. The van der Waals surface area contributed by atoms with Crippen molar-refractivity contribution in [3.05, 3.63) is 70.3 Å². The summed E-state index contributed by atoms with van der Waals surface area (Å²) in [5.74, 6) is -1.02. The van der Waals surface area contributed by atoms with Crippen LogP contribution in [0.1, 0.15) is 66.7 Å². The van der Waals surface area contributed by atoms with E-state index in [-0.39, 0.29) is 29.8 Å². The molecule has 2 saturated carbocycles. The Morgan fingerprint density at radius 3 is 2.67 bits per heavy atom. The summed E-state index contributed by atoms with van der Waals surface area (Å²) in [6.07, 6.45) is 6.40. The molecule has 234 valence electrons. The molecule has 2 amide bonds. The molecule has 0 spiro atoms. The van der Waals surface area contributed by atoms with Crippen LogP contribution in [0.2, 0.25) is 5.02 Å². The Morgan fingerprint density at radius 1 is 1.24 bits per heavy atom. The lowest BCUT2D eigenvalue weighted by Crippen LogP contribution is -2.49. The first-order chi connectivity index (χ1) is 21.5. The Hall–Kier alpha value is -4.22. The average molecular weight is 634 g/mol. The zero-order valence-electron chi connectivity index (χ0n) is 24.9. The van der Waals surface area contributed by atoms with Crippen LogP contribution in [0.3, 0.4) is 0 Å². The van der Waals surface area contributed by atoms with Crippen LogP contribution in [-0.4, -0.2) is 51.9 Å². The highest BCUT2D eigenvalue weighted by Crippen LogP contribution is 2.49. The van der Waals surface area contributed by atoms with E-state index in [1.54, 1.807) is 25.1 Å². The molecule has 1 aliphatic heterocycles. The maximum absolute atomic E-state index is 14.1. The van der Waals surface area contributed by atoms with Gasteiger partial charge in [-0.25, -0.2) is 9.37 Å².